The summed E-state index contributed by atoms with van der Waals surface area (Å²) in [4.78, 5) is 32.4. The van der Waals surface area contributed by atoms with Crippen LogP contribution in [0.4, 0.5) is 15.8 Å². The van der Waals surface area contributed by atoms with Crippen LogP contribution in [0.5, 0.6) is 0 Å². The van der Waals surface area contributed by atoms with Crippen molar-refractivity contribution in [2.75, 3.05) is 5.32 Å². The third-order valence-electron chi connectivity index (χ3n) is 2.62. The van der Waals surface area contributed by atoms with Crippen LogP contribution >= 0.6 is 0 Å². The van der Waals surface area contributed by atoms with Crippen molar-refractivity contribution in [3.05, 3.63) is 34.1 Å². The standard InChI is InChI=1S/C12H13FN2O5/c1-12(2,11(17)18)6-10(16)14-9-5-7(15(19)20)3-4-8(9)13/h3-5H,6H2,1-2H3,(H,14,16)(H,17,18). The van der Waals surface area contributed by atoms with E-state index in [1.807, 2.05) is 0 Å². The van der Waals surface area contributed by atoms with Gasteiger partial charge in [-0.2, -0.15) is 0 Å². The third kappa shape index (κ3) is 3.74. The van der Waals surface area contributed by atoms with Gasteiger partial charge in [0.2, 0.25) is 5.91 Å². The van der Waals surface area contributed by atoms with Gasteiger partial charge in [0, 0.05) is 18.6 Å². The second-order valence-electron chi connectivity index (χ2n) is 4.84. The fourth-order valence-electron chi connectivity index (χ4n) is 1.39. The van der Waals surface area contributed by atoms with Crippen LogP contribution in [-0.2, 0) is 9.59 Å². The normalized spacial score (nSPS) is 10.9. The third-order valence-corrected chi connectivity index (χ3v) is 2.62. The number of aliphatic carboxylic acids is 1. The summed E-state index contributed by atoms with van der Waals surface area (Å²) in [5.74, 6) is -2.75. The van der Waals surface area contributed by atoms with Crippen LogP contribution in [-0.4, -0.2) is 21.9 Å². The van der Waals surface area contributed by atoms with Crippen LogP contribution in [0.1, 0.15) is 20.3 Å². The fourth-order valence-corrected chi connectivity index (χ4v) is 1.39. The number of benzene rings is 1. The van der Waals surface area contributed by atoms with Gasteiger partial charge in [-0.15, -0.1) is 0 Å². The SMILES string of the molecule is CC(C)(CC(=O)Nc1cc([N+](=O)[O-])ccc1F)C(=O)O. The van der Waals surface area contributed by atoms with E-state index in [-0.39, 0.29) is 17.8 Å². The van der Waals surface area contributed by atoms with Gasteiger partial charge in [0.15, 0.2) is 0 Å². The lowest BCUT2D eigenvalue weighted by molar-refractivity contribution is -0.384. The number of hydrogen-bond donors (Lipinski definition) is 2. The Labute approximate surface area is 113 Å². The number of hydrogen-bond acceptors (Lipinski definition) is 4. The second-order valence-corrected chi connectivity index (χ2v) is 4.84. The second kappa shape index (κ2) is 5.64. The first-order valence-corrected chi connectivity index (χ1v) is 5.60. The van der Waals surface area contributed by atoms with Gasteiger partial charge in [0.05, 0.1) is 16.0 Å². The highest BCUT2D eigenvalue weighted by atomic mass is 19.1. The van der Waals surface area contributed by atoms with Gasteiger partial charge < -0.3 is 10.4 Å². The summed E-state index contributed by atoms with van der Waals surface area (Å²) in [5.41, 5.74) is -2.05. The van der Waals surface area contributed by atoms with Gasteiger partial charge in [-0.3, -0.25) is 19.7 Å². The Morgan fingerprint density at radius 1 is 1.45 bits per heavy atom. The number of carbonyl (C=O) groups is 2. The summed E-state index contributed by atoms with van der Waals surface area (Å²) in [5, 5.41) is 21.6. The number of anilines is 1. The average Bonchev–Trinajstić information content (AvgIpc) is 2.30. The monoisotopic (exact) mass is 284 g/mol. The van der Waals surface area contributed by atoms with E-state index in [1.165, 1.54) is 13.8 Å². The minimum atomic E-state index is -1.32. The van der Waals surface area contributed by atoms with Crippen LogP contribution < -0.4 is 5.32 Å². The number of nitro groups is 1. The smallest absolute Gasteiger partial charge is 0.309 e. The van der Waals surface area contributed by atoms with Crippen molar-refractivity contribution in [1.29, 1.82) is 0 Å². The molecule has 0 aliphatic carbocycles. The highest BCUT2D eigenvalue weighted by molar-refractivity contribution is 5.94. The maximum Gasteiger partial charge on any atom is 0.309 e. The molecule has 1 amide bonds. The molecule has 0 radical (unpaired) electrons. The molecule has 0 saturated heterocycles. The summed E-state index contributed by atoms with van der Waals surface area (Å²) >= 11 is 0. The van der Waals surface area contributed by atoms with Crippen molar-refractivity contribution in [2.45, 2.75) is 20.3 Å². The molecule has 0 bridgehead atoms. The molecule has 1 aromatic rings. The summed E-state index contributed by atoms with van der Waals surface area (Å²) in [6, 6.07) is 2.70. The topological polar surface area (TPSA) is 110 Å². The Hall–Kier alpha value is -2.51. The molecule has 0 atom stereocenters. The van der Waals surface area contributed by atoms with Crippen molar-refractivity contribution in [3.63, 3.8) is 0 Å². The molecule has 0 saturated carbocycles. The first-order chi connectivity index (χ1) is 9.13. The average molecular weight is 284 g/mol. The predicted octanol–water partition coefficient (Wildman–Crippen LogP) is 2.17. The van der Waals surface area contributed by atoms with Crippen LogP contribution in [0, 0.1) is 21.3 Å². The van der Waals surface area contributed by atoms with E-state index < -0.39 is 28.0 Å². The number of rotatable bonds is 5. The van der Waals surface area contributed by atoms with Crippen molar-refractivity contribution in [3.8, 4) is 0 Å². The minimum Gasteiger partial charge on any atom is -0.481 e. The zero-order valence-corrected chi connectivity index (χ0v) is 10.8. The molecule has 20 heavy (non-hydrogen) atoms. The van der Waals surface area contributed by atoms with Crippen molar-refractivity contribution in [2.24, 2.45) is 5.41 Å². The molecule has 0 unspecified atom stereocenters. The maximum atomic E-state index is 13.4. The molecule has 2 N–H and O–H groups in total. The molecule has 8 heteroatoms. The van der Waals surface area contributed by atoms with Crippen LogP contribution in [0.2, 0.25) is 0 Å². The number of nitro benzene ring substituents is 1. The van der Waals surface area contributed by atoms with E-state index in [1.54, 1.807) is 0 Å². The molecule has 0 fully saturated rings. The molecule has 0 spiro atoms. The largest absolute Gasteiger partial charge is 0.481 e. The molecule has 0 aliphatic rings. The first kappa shape index (κ1) is 15.5. The summed E-state index contributed by atoms with van der Waals surface area (Å²) < 4.78 is 13.4. The predicted molar refractivity (Wildman–Crippen MR) is 67.7 cm³/mol. The van der Waals surface area contributed by atoms with Gasteiger partial charge in [-0.25, -0.2) is 4.39 Å². The molecule has 1 aromatic carbocycles. The molecular weight excluding hydrogens is 271 g/mol. The zero-order valence-electron chi connectivity index (χ0n) is 10.8. The quantitative estimate of drug-likeness (QED) is 0.636. The molecule has 0 aromatic heterocycles. The number of carbonyl (C=O) groups excluding carboxylic acids is 1. The molecule has 7 nitrogen and oxygen atoms in total. The van der Waals surface area contributed by atoms with E-state index in [2.05, 4.69) is 5.32 Å². The maximum absolute atomic E-state index is 13.4. The minimum absolute atomic E-state index is 0.356. The number of nitrogens with zero attached hydrogens (tertiary/aromatic N) is 1. The number of carboxylic acid groups (broad SMARTS) is 1. The summed E-state index contributed by atoms with van der Waals surface area (Å²) in [6.07, 6.45) is -0.384. The van der Waals surface area contributed by atoms with Crippen molar-refractivity contribution in [1.82, 2.24) is 0 Å². The van der Waals surface area contributed by atoms with Gasteiger partial charge in [-0.1, -0.05) is 0 Å². The Kier molecular flexibility index (Phi) is 4.38. The number of non-ortho nitro benzene ring substituents is 1. The molecule has 0 aliphatic heterocycles. The number of nitrogens with one attached hydrogen (secondary N) is 1. The Bertz CT molecular complexity index is 571. The van der Waals surface area contributed by atoms with E-state index in [9.17, 15) is 24.1 Å². The zero-order chi connectivity index (χ0) is 15.5. The fraction of sp³-hybridized carbons (Fsp3) is 0.333. The summed E-state index contributed by atoms with van der Waals surface area (Å²) in [6.45, 7) is 2.69. The highest BCUT2D eigenvalue weighted by Crippen LogP contribution is 2.24. The molecule has 108 valence electrons. The van der Waals surface area contributed by atoms with Gasteiger partial charge >= 0.3 is 5.97 Å². The molecule has 0 heterocycles. The number of carboxylic acids is 1. The van der Waals surface area contributed by atoms with E-state index >= 15 is 0 Å². The van der Waals surface area contributed by atoms with Gasteiger partial charge in [0.25, 0.3) is 5.69 Å². The lowest BCUT2D eigenvalue weighted by Gasteiger charge is -2.18. The van der Waals surface area contributed by atoms with E-state index in [4.69, 9.17) is 5.11 Å². The highest BCUT2D eigenvalue weighted by Gasteiger charge is 2.30. The van der Waals surface area contributed by atoms with E-state index in [0.717, 1.165) is 18.2 Å². The van der Waals surface area contributed by atoms with Gasteiger partial charge in [-0.05, 0) is 19.9 Å². The lowest BCUT2D eigenvalue weighted by atomic mass is 9.89. The first-order valence-electron chi connectivity index (χ1n) is 5.60. The van der Waals surface area contributed by atoms with E-state index in [0.29, 0.717) is 0 Å². The summed E-state index contributed by atoms with van der Waals surface area (Å²) in [7, 11) is 0. The number of amides is 1. The van der Waals surface area contributed by atoms with Crippen LogP contribution in [0.15, 0.2) is 18.2 Å². The molecule has 1 rings (SSSR count). The Morgan fingerprint density at radius 3 is 2.55 bits per heavy atom. The van der Waals surface area contributed by atoms with Crippen LogP contribution in [0.25, 0.3) is 0 Å². The van der Waals surface area contributed by atoms with Crippen molar-refractivity contribution < 1.29 is 24.0 Å². The van der Waals surface area contributed by atoms with Crippen molar-refractivity contribution >= 4 is 23.3 Å². The number of halogens is 1. The van der Waals surface area contributed by atoms with Crippen LogP contribution in [0.3, 0.4) is 0 Å². The lowest BCUT2D eigenvalue weighted by Crippen LogP contribution is -2.29. The Balaban J connectivity index is 2.88. The molecular formula is C12H13FN2O5. The van der Waals surface area contributed by atoms with Gasteiger partial charge in [0.1, 0.15) is 5.82 Å². The Morgan fingerprint density at radius 2 is 2.05 bits per heavy atom.